The zero-order valence-electron chi connectivity index (χ0n) is 11.5. The zero-order chi connectivity index (χ0) is 15.6. The number of carbonyl (C=O) groups excluding carboxylic acids is 1. The minimum atomic E-state index is -1.36. The first-order valence-electron chi connectivity index (χ1n) is 6.70. The van der Waals surface area contributed by atoms with E-state index in [0.717, 1.165) is 5.01 Å². The van der Waals surface area contributed by atoms with Crippen molar-refractivity contribution in [3.63, 3.8) is 0 Å². The van der Waals surface area contributed by atoms with Gasteiger partial charge in [0, 0.05) is 19.5 Å². The maximum atomic E-state index is 11.2. The van der Waals surface area contributed by atoms with Crippen molar-refractivity contribution in [1.29, 1.82) is 0 Å². The molecule has 118 valence electrons. The van der Waals surface area contributed by atoms with E-state index in [2.05, 4.69) is 4.98 Å². The fraction of sp³-hybridized carbons (Fsp3) is 0.692. The van der Waals surface area contributed by atoms with Gasteiger partial charge in [0.1, 0.15) is 24.4 Å². The molecule has 0 aromatic carbocycles. The van der Waals surface area contributed by atoms with E-state index in [-0.39, 0.29) is 5.78 Å². The van der Waals surface area contributed by atoms with Crippen LogP contribution in [0.2, 0.25) is 0 Å². The van der Waals surface area contributed by atoms with Crippen molar-refractivity contribution < 1.29 is 30.0 Å². The van der Waals surface area contributed by atoms with E-state index < -0.39 is 37.1 Å². The van der Waals surface area contributed by atoms with Crippen molar-refractivity contribution >= 4 is 17.1 Å². The fourth-order valence-electron chi connectivity index (χ4n) is 2.27. The molecule has 0 saturated carbocycles. The summed E-state index contributed by atoms with van der Waals surface area (Å²) in [6.07, 6.45) is -3.17. The van der Waals surface area contributed by atoms with Gasteiger partial charge in [-0.1, -0.05) is 0 Å². The third kappa shape index (κ3) is 3.65. The Bertz CT molecular complexity index is 491. The number of ketones is 1. The molecule has 1 fully saturated rings. The predicted octanol–water partition coefficient (Wildman–Crippen LogP) is -0.879. The van der Waals surface area contributed by atoms with Crippen LogP contribution in [-0.4, -0.2) is 68.3 Å². The summed E-state index contributed by atoms with van der Waals surface area (Å²) in [5, 5.41) is 39.1. The lowest BCUT2D eigenvalue weighted by Gasteiger charge is -2.40. The lowest BCUT2D eigenvalue weighted by atomic mass is 9.93. The maximum absolute atomic E-state index is 11.2. The summed E-state index contributed by atoms with van der Waals surface area (Å²) in [5.41, 5.74) is 0. The summed E-state index contributed by atoms with van der Waals surface area (Å²) in [6, 6.07) is 0. The van der Waals surface area contributed by atoms with Gasteiger partial charge in [0.25, 0.3) is 0 Å². The molecule has 1 aliphatic rings. The van der Waals surface area contributed by atoms with Gasteiger partial charge in [-0.2, -0.15) is 0 Å². The van der Waals surface area contributed by atoms with Gasteiger partial charge in [-0.3, -0.25) is 4.79 Å². The molecule has 5 atom stereocenters. The Balaban J connectivity index is 1.96. The first kappa shape index (κ1) is 16.5. The Kier molecular flexibility index (Phi) is 5.42. The van der Waals surface area contributed by atoms with Gasteiger partial charge >= 0.3 is 0 Å². The molecular weight excluding hydrogens is 298 g/mol. The molecule has 1 aromatic heterocycles. The van der Waals surface area contributed by atoms with Crippen molar-refractivity contribution in [3.05, 3.63) is 16.1 Å². The summed E-state index contributed by atoms with van der Waals surface area (Å²) in [7, 11) is 0. The minimum absolute atomic E-state index is 0.0495. The lowest BCUT2D eigenvalue weighted by Crippen LogP contribution is -2.58. The van der Waals surface area contributed by atoms with E-state index in [1.54, 1.807) is 0 Å². The number of rotatable bonds is 5. The molecule has 21 heavy (non-hydrogen) atoms. The van der Waals surface area contributed by atoms with Gasteiger partial charge in [-0.05, 0) is 6.42 Å². The molecule has 0 radical (unpaired) electrons. The number of hydrogen-bond donors (Lipinski definition) is 4. The Hall–Kier alpha value is -0.900. The lowest BCUT2D eigenvalue weighted by molar-refractivity contribution is -0.230. The van der Waals surface area contributed by atoms with Crippen LogP contribution in [0.1, 0.15) is 28.0 Å². The number of aromatic nitrogens is 1. The summed E-state index contributed by atoms with van der Waals surface area (Å²) >= 11 is 1.28. The number of Topliss-reactive ketones (excluding diaryl/α,β-unsaturated/α-hetero) is 1. The average molecular weight is 317 g/mol. The van der Waals surface area contributed by atoms with Crippen LogP contribution in [0.15, 0.2) is 6.20 Å². The van der Waals surface area contributed by atoms with E-state index in [9.17, 15) is 20.1 Å². The predicted molar refractivity (Wildman–Crippen MR) is 74.2 cm³/mol. The second-order valence-electron chi connectivity index (χ2n) is 5.08. The molecule has 1 saturated heterocycles. The summed E-state index contributed by atoms with van der Waals surface area (Å²) in [6.45, 7) is 1.03. The fourth-order valence-corrected chi connectivity index (χ4v) is 3.10. The van der Waals surface area contributed by atoms with Crippen LogP contribution < -0.4 is 0 Å². The molecule has 2 rings (SSSR count). The van der Waals surface area contributed by atoms with Crippen molar-refractivity contribution in [2.45, 2.75) is 50.3 Å². The smallest absolute Gasteiger partial charge is 0.171 e. The number of aliphatic hydroxyl groups excluding tert-OH is 4. The molecule has 4 N–H and O–H groups in total. The van der Waals surface area contributed by atoms with Gasteiger partial charge in [-0.25, -0.2) is 4.98 Å². The normalized spacial score (nSPS) is 33.1. The van der Waals surface area contributed by atoms with Crippen molar-refractivity contribution in [2.24, 2.45) is 0 Å². The highest BCUT2D eigenvalue weighted by Crippen LogP contribution is 2.25. The third-order valence-electron chi connectivity index (χ3n) is 3.53. The highest BCUT2D eigenvalue weighted by Gasteiger charge is 2.42. The standard InChI is InChI=1S/C13H19NO6S/c1-6(16)9-4-14-10(21-9)3-2-7-11(17)13(19)12(18)8(5-15)20-7/h4,7-8,11-13,15,17-19H,2-3,5H2,1H3/t7-,8-,11-,12-,13-/m1/s1. The largest absolute Gasteiger partial charge is 0.394 e. The number of nitrogens with zero attached hydrogens (tertiary/aromatic N) is 1. The molecule has 7 nitrogen and oxygen atoms in total. The van der Waals surface area contributed by atoms with E-state index in [1.807, 2.05) is 0 Å². The summed E-state index contributed by atoms with van der Waals surface area (Å²) in [4.78, 5) is 15.9. The topological polar surface area (TPSA) is 120 Å². The zero-order valence-corrected chi connectivity index (χ0v) is 12.4. The molecular formula is C13H19NO6S. The molecule has 0 bridgehead atoms. The Morgan fingerprint density at radius 2 is 1.95 bits per heavy atom. The van der Waals surface area contributed by atoms with Crippen LogP contribution in [-0.2, 0) is 11.2 Å². The van der Waals surface area contributed by atoms with Crippen LogP contribution in [0.3, 0.4) is 0 Å². The quantitative estimate of drug-likeness (QED) is 0.521. The Morgan fingerprint density at radius 3 is 2.52 bits per heavy atom. The Morgan fingerprint density at radius 1 is 1.29 bits per heavy atom. The van der Waals surface area contributed by atoms with Crippen molar-refractivity contribution in [3.8, 4) is 0 Å². The summed E-state index contributed by atoms with van der Waals surface area (Å²) in [5.74, 6) is -0.0495. The molecule has 0 aliphatic carbocycles. The first-order chi connectivity index (χ1) is 9.93. The van der Waals surface area contributed by atoms with Crippen LogP contribution in [0.4, 0.5) is 0 Å². The first-order valence-corrected chi connectivity index (χ1v) is 7.51. The second-order valence-corrected chi connectivity index (χ2v) is 6.20. The number of ether oxygens (including phenoxy) is 1. The van der Waals surface area contributed by atoms with Crippen LogP contribution in [0.5, 0.6) is 0 Å². The molecule has 0 spiro atoms. The highest BCUT2D eigenvalue weighted by atomic mass is 32.1. The van der Waals surface area contributed by atoms with Gasteiger partial charge in [0.2, 0.25) is 0 Å². The molecule has 0 unspecified atom stereocenters. The minimum Gasteiger partial charge on any atom is -0.394 e. The molecule has 8 heteroatoms. The molecule has 2 heterocycles. The van der Waals surface area contributed by atoms with E-state index in [1.165, 1.54) is 24.5 Å². The maximum Gasteiger partial charge on any atom is 0.171 e. The van der Waals surface area contributed by atoms with E-state index >= 15 is 0 Å². The number of aliphatic hydroxyl groups is 4. The number of carbonyl (C=O) groups is 1. The molecule has 1 aromatic rings. The van der Waals surface area contributed by atoms with Gasteiger partial charge in [0.05, 0.1) is 22.6 Å². The number of thiazole rings is 1. The van der Waals surface area contributed by atoms with Crippen LogP contribution >= 0.6 is 11.3 Å². The van der Waals surface area contributed by atoms with E-state index in [0.29, 0.717) is 17.7 Å². The Labute approximate surface area is 125 Å². The highest BCUT2D eigenvalue weighted by molar-refractivity contribution is 7.13. The van der Waals surface area contributed by atoms with Gasteiger partial charge in [0.15, 0.2) is 5.78 Å². The average Bonchev–Trinajstić information content (AvgIpc) is 2.93. The second kappa shape index (κ2) is 6.91. The number of hydrogen-bond acceptors (Lipinski definition) is 8. The third-order valence-corrected chi connectivity index (χ3v) is 4.69. The monoisotopic (exact) mass is 317 g/mol. The van der Waals surface area contributed by atoms with Crippen LogP contribution in [0, 0.1) is 0 Å². The SMILES string of the molecule is CC(=O)c1cnc(CC[C@H]2O[C@H](CO)[C@@H](O)[C@H](O)[C@@H]2O)s1. The molecule has 1 aliphatic heterocycles. The molecule has 0 amide bonds. The van der Waals surface area contributed by atoms with E-state index in [4.69, 9.17) is 9.84 Å². The van der Waals surface area contributed by atoms with Crippen LogP contribution in [0.25, 0.3) is 0 Å². The van der Waals surface area contributed by atoms with Gasteiger partial charge < -0.3 is 25.2 Å². The van der Waals surface area contributed by atoms with Gasteiger partial charge in [-0.15, -0.1) is 11.3 Å². The van der Waals surface area contributed by atoms with Crippen molar-refractivity contribution in [2.75, 3.05) is 6.61 Å². The summed E-state index contributed by atoms with van der Waals surface area (Å²) < 4.78 is 5.41. The number of aryl methyl sites for hydroxylation is 1. The van der Waals surface area contributed by atoms with Crippen molar-refractivity contribution in [1.82, 2.24) is 4.98 Å².